The quantitative estimate of drug-likeness (QED) is 0.189. The lowest BCUT2D eigenvalue weighted by Gasteiger charge is -2.08. The number of hydrogen-bond acceptors (Lipinski definition) is 9. The maximum absolute atomic E-state index is 10.7. The number of hydrogen-bond donors (Lipinski definition) is 0. The van der Waals surface area contributed by atoms with Gasteiger partial charge < -0.3 is 33.2 Å². The summed E-state index contributed by atoms with van der Waals surface area (Å²) in [5.41, 5.74) is 0. The van der Waals surface area contributed by atoms with Gasteiger partial charge in [-0.05, 0) is 0 Å². The van der Waals surface area contributed by atoms with Crippen molar-refractivity contribution in [2.24, 2.45) is 0 Å². The molecule has 0 aromatic heterocycles. The highest BCUT2D eigenvalue weighted by Crippen LogP contribution is 1.85. The van der Waals surface area contributed by atoms with Crippen LogP contribution >= 0.6 is 0 Å². The molecule has 0 aliphatic heterocycles. The molecule has 9 heteroatoms. The number of rotatable bonds is 18. The van der Waals surface area contributed by atoms with Crippen LogP contribution in [0.15, 0.2) is 12.7 Å². The third-order valence-corrected chi connectivity index (χ3v) is 2.57. The van der Waals surface area contributed by atoms with Crippen molar-refractivity contribution < 1.29 is 42.7 Å². The minimum absolute atomic E-state index is 0.0720. The van der Waals surface area contributed by atoms with Crippen LogP contribution in [0.3, 0.4) is 0 Å². The molecule has 0 spiro atoms. The summed E-state index contributed by atoms with van der Waals surface area (Å²) in [7, 11) is 1.31. The molecule has 0 atom stereocenters. The maximum Gasteiger partial charge on any atom is 0.331 e. The topological polar surface area (TPSA) is 98.8 Å². The molecule has 0 aliphatic rings. The van der Waals surface area contributed by atoms with Gasteiger partial charge in [-0.1, -0.05) is 6.58 Å². The van der Waals surface area contributed by atoms with Crippen molar-refractivity contribution in [3.63, 3.8) is 0 Å². The molecule has 0 aliphatic carbocycles. The Morgan fingerprint density at radius 2 is 1.12 bits per heavy atom. The van der Waals surface area contributed by atoms with Crippen LogP contribution in [0, 0.1) is 0 Å². The average molecular weight is 364 g/mol. The lowest BCUT2D eigenvalue weighted by atomic mass is 10.6. The van der Waals surface area contributed by atoms with E-state index in [-0.39, 0.29) is 13.2 Å². The van der Waals surface area contributed by atoms with Crippen molar-refractivity contribution in [2.45, 2.75) is 0 Å². The summed E-state index contributed by atoms with van der Waals surface area (Å²) in [6.45, 7) is 7.09. The van der Waals surface area contributed by atoms with E-state index in [0.717, 1.165) is 6.08 Å². The highest BCUT2D eigenvalue weighted by Gasteiger charge is 1.99. The Bertz CT molecular complexity index is 346. The van der Waals surface area contributed by atoms with Crippen LogP contribution in [-0.4, -0.2) is 91.7 Å². The van der Waals surface area contributed by atoms with E-state index < -0.39 is 11.9 Å². The van der Waals surface area contributed by atoms with Gasteiger partial charge in [0.05, 0.1) is 66.6 Å². The van der Waals surface area contributed by atoms with Crippen LogP contribution in [0.25, 0.3) is 0 Å². The van der Waals surface area contributed by atoms with E-state index in [4.69, 9.17) is 28.4 Å². The highest BCUT2D eigenvalue weighted by atomic mass is 16.6. The molecule has 0 saturated heterocycles. The maximum atomic E-state index is 10.7. The van der Waals surface area contributed by atoms with Crippen molar-refractivity contribution in [1.82, 2.24) is 0 Å². The van der Waals surface area contributed by atoms with E-state index in [0.29, 0.717) is 59.5 Å². The molecule has 0 aromatic carbocycles. The fourth-order valence-electron chi connectivity index (χ4n) is 1.35. The van der Waals surface area contributed by atoms with E-state index in [9.17, 15) is 9.59 Å². The minimum atomic E-state index is -0.463. The van der Waals surface area contributed by atoms with Crippen LogP contribution in [0.5, 0.6) is 0 Å². The first-order valence-corrected chi connectivity index (χ1v) is 7.95. The Hall–Kier alpha value is -1.52. The second-order valence-corrected chi connectivity index (χ2v) is 4.45. The number of carbonyl (C=O) groups is 2. The van der Waals surface area contributed by atoms with Gasteiger partial charge in [-0.15, -0.1) is 0 Å². The first-order chi connectivity index (χ1) is 12.2. The zero-order valence-electron chi connectivity index (χ0n) is 14.7. The van der Waals surface area contributed by atoms with Crippen molar-refractivity contribution in [3.05, 3.63) is 12.7 Å². The predicted octanol–water partition coefficient (Wildman–Crippen LogP) is -0.0284. The van der Waals surface area contributed by atoms with Crippen molar-refractivity contribution in [3.8, 4) is 0 Å². The first-order valence-electron chi connectivity index (χ1n) is 7.95. The molecule has 146 valence electrons. The Morgan fingerprint density at radius 3 is 1.52 bits per heavy atom. The van der Waals surface area contributed by atoms with Gasteiger partial charge in [-0.25, -0.2) is 9.59 Å². The van der Waals surface area contributed by atoms with Gasteiger partial charge in [-0.3, -0.25) is 0 Å². The Morgan fingerprint density at radius 1 is 0.720 bits per heavy atom. The third kappa shape index (κ3) is 18.7. The van der Waals surface area contributed by atoms with Gasteiger partial charge in [0, 0.05) is 6.08 Å². The number of esters is 2. The standard InChI is InChI=1S/C16H28O9/c1-3-15(17)25-13-12-23-9-8-21-5-4-20-6-7-22-10-11-24-14-16(18)19-2/h3H,1,4-14H2,2H3. The monoisotopic (exact) mass is 364 g/mol. The molecule has 0 heterocycles. The third-order valence-electron chi connectivity index (χ3n) is 2.57. The van der Waals surface area contributed by atoms with Crippen molar-refractivity contribution in [1.29, 1.82) is 0 Å². The van der Waals surface area contributed by atoms with E-state index in [1.54, 1.807) is 0 Å². The summed E-state index contributed by atoms with van der Waals surface area (Å²) >= 11 is 0. The summed E-state index contributed by atoms with van der Waals surface area (Å²) in [4.78, 5) is 21.5. The lowest BCUT2D eigenvalue weighted by molar-refractivity contribution is -0.146. The van der Waals surface area contributed by atoms with Gasteiger partial charge in [0.1, 0.15) is 13.2 Å². The first kappa shape index (κ1) is 23.5. The van der Waals surface area contributed by atoms with Gasteiger partial charge in [0.15, 0.2) is 0 Å². The second kappa shape index (κ2) is 18.8. The molecule has 0 N–H and O–H groups in total. The van der Waals surface area contributed by atoms with Crippen LogP contribution < -0.4 is 0 Å². The summed E-state index contributed by atoms with van der Waals surface area (Å²) in [6.07, 6.45) is 1.10. The summed E-state index contributed by atoms with van der Waals surface area (Å²) < 4.78 is 35.2. The van der Waals surface area contributed by atoms with Crippen LogP contribution in [0.1, 0.15) is 0 Å². The highest BCUT2D eigenvalue weighted by molar-refractivity contribution is 5.81. The molecule has 0 amide bonds. The zero-order valence-corrected chi connectivity index (χ0v) is 14.7. The van der Waals surface area contributed by atoms with Crippen LogP contribution in [0.4, 0.5) is 0 Å². The second-order valence-electron chi connectivity index (χ2n) is 4.45. The van der Waals surface area contributed by atoms with Crippen LogP contribution in [-0.2, 0) is 42.7 Å². The number of methoxy groups -OCH3 is 1. The zero-order chi connectivity index (χ0) is 18.6. The lowest BCUT2D eigenvalue weighted by Crippen LogP contribution is -2.15. The average Bonchev–Trinajstić information content (AvgIpc) is 2.63. The fraction of sp³-hybridized carbons (Fsp3) is 0.750. The van der Waals surface area contributed by atoms with E-state index in [2.05, 4.69) is 11.3 Å². The largest absolute Gasteiger partial charge is 0.467 e. The summed E-state index contributed by atoms with van der Waals surface area (Å²) in [6, 6.07) is 0. The van der Waals surface area contributed by atoms with Gasteiger partial charge >= 0.3 is 11.9 Å². The normalized spacial score (nSPS) is 10.4. The molecule has 0 fully saturated rings. The molecule has 0 radical (unpaired) electrons. The molecular weight excluding hydrogens is 336 g/mol. The Balaban J connectivity index is 3.06. The predicted molar refractivity (Wildman–Crippen MR) is 87.3 cm³/mol. The molecular formula is C16H28O9. The molecule has 0 rings (SSSR count). The van der Waals surface area contributed by atoms with Gasteiger partial charge in [0.25, 0.3) is 0 Å². The molecule has 0 saturated carbocycles. The molecule has 9 nitrogen and oxygen atoms in total. The van der Waals surface area contributed by atoms with Gasteiger partial charge in [-0.2, -0.15) is 0 Å². The molecule has 0 aromatic rings. The molecule has 0 bridgehead atoms. The molecule has 25 heavy (non-hydrogen) atoms. The Kier molecular flexibility index (Phi) is 17.7. The number of ether oxygens (including phenoxy) is 7. The van der Waals surface area contributed by atoms with E-state index >= 15 is 0 Å². The fourth-order valence-corrected chi connectivity index (χ4v) is 1.35. The van der Waals surface area contributed by atoms with E-state index in [1.807, 2.05) is 0 Å². The van der Waals surface area contributed by atoms with Crippen LogP contribution in [0.2, 0.25) is 0 Å². The van der Waals surface area contributed by atoms with Crippen molar-refractivity contribution in [2.75, 3.05) is 79.8 Å². The number of carbonyl (C=O) groups excluding carboxylic acids is 2. The minimum Gasteiger partial charge on any atom is -0.467 e. The summed E-state index contributed by atoms with van der Waals surface area (Å²) in [5.74, 6) is -0.875. The van der Waals surface area contributed by atoms with E-state index in [1.165, 1.54) is 7.11 Å². The smallest absolute Gasteiger partial charge is 0.331 e. The molecule has 0 unspecified atom stereocenters. The van der Waals surface area contributed by atoms with Gasteiger partial charge in [0.2, 0.25) is 0 Å². The summed E-state index contributed by atoms with van der Waals surface area (Å²) in [5, 5.41) is 0. The SMILES string of the molecule is C=CC(=O)OCCOCCOCCOCCOCCOCC(=O)OC. The van der Waals surface area contributed by atoms with Crippen molar-refractivity contribution >= 4 is 11.9 Å². The Labute approximate surface area is 148 Å².